The van der Waals surface area contributed by atoms with Crippen LogP contribution in [0.3, 0.4) is 0 Å². The molecule has 1 aromatic rings. The molecular weight excluding hydrogens is 230 g/mol. The number of benzene rings is 1. The number of ether oxygens (including phenoxy) is 1. The van der Waals surface area contributed by atoms with Crippen molar-refractivity contribution in [2.45, 2.75) is 32.6 Å². The summed E-state index contributed by atoms with van der Waals surface area (Å²) in [6, 6.07) is 7.35. The van der Waals surface area contributed by atoms with Gasteiger partial charge >= 0.3 is 0 Å². The molecule has 0 unspecified atom stereocenters. The minimum Gasteiger partial charge on any atom is -0.494 e. The van der Waals surface area contributed by atoms with Crippen LogP contribution in [0.2, 0.25) is 0 Å². The van der Waals surface area contributed by atoms with Crippen LogP contribution < -0.4 is 10.1 Å². The summed E-state index contributed by atoms with van der Waals surface area (Å²) in [5, 5.41) is 11.4. The first-order valence-electron chi connectivity index (χ1n) is 6.40. The average molecular weight is 251 g/mol. The maximum Gasteiger partial charge on any atom is 0.224 e. The van der Waals surface area contributed by atoms with Gasteiger partial charge in [-0.05, 0) is 43.5 Å². The maximum absolute atomic E-state index is 11.5. The van der Waals surface area contributed by atoms with Crippen LogP contribution in [0.25, 0.3) is 0 Å². The summed E-state index contributed by atoms with van der Waals surface area (Å²) in [7, 11) is 0. The maximum atomic E-state index is 11.5. The van der Waals surface area contributed by atoms with Crippen molar-refractivity contribution in [1.82, 2.24) is 0 Å². The summed E-state index contributed by atoms with van der Waals surface area (Å²) in [4.78, 5) is 11.5. The number of aliphatic hydroxyl groups excluding tert-OH is 1. The van der Waals surface area contributed by atoms with Crippen molar-refractivity contribution in [3.8, 4) is 5.75 Å². The highest BCUT2D eigenvalue weighted by molar-refractivity contribution is 5.90. The molecule has 4 nitrogen and oxygen atoms in total. The molecule has 1 amide bonds. The number of hydrogen-bond donors (Lipinski definition) is 2. The number of carbonyl (C=O) groups is 1. The Morgan fingerprint density at radius 2 is 2.00 bits per heavy atom. The second-order valence-electron chi connectivity index (χ2n) is 4.10. The third-order valence-corrected chi connectivity index (χ3v) is 2.42. The summed E-state index contributed by atoms with van der Waals surface area (Å²) in [6.45, 7) is 2.89. The number of carbonyl (C=O) groups excluding carboxylic acids is 1. The highest BCUT2D eigenvalue weighted by Crippen LogP contribution is 2.16. The fourth-order valence-electron chi connectivity index (χ4n) is 1.48. The molecule has 0 aliphatic heterocycles. The van der Waals surface area contributed by atoms with Gasteiger partial charge in [0.15, 0.2) is 0 Å². The van der Waals surface area contributed by atoms with Gasteiger partial charge in [0, 0.05) is 18.7 Å². The molecule has 1 aromatic carbocycles. The molecular formula is C14H21NO3. The molecule has 0 fully saturated rings. The first kappa shape index (κ1) is 14.5. The molecule has 0 bridgehead atoms. The zero-order chi connectivity index (χ0) is 13.2. The average Bonchev–Trinajstić information content (AvgIpc) is 2.38. The Labute approximate surface area is 108 Å². The lowest BCUT2D eigenvalue weighted by molar-refractivity contribution is -0.116. The second kappa shape index (κ2) is 8.53. The number of anilines is 1. The van der Waals surface area contributed by atoms with Crippen LogP contribution in [0.1, 0.15) is 32.6 Å². The first-order valence-corrected chi connectivity index (χ1v) is 6.40. The van der Waals surface area contributed by atoms with Crippen LogP contribution in [0.15, 0.2) is 24.3 Å². The summed E-state index contributed by atoms with van der Waals surface area (Å²) < 4.78 is 5.45. The number of nitrogens with one attached hydrogen (secondary N) is 1. The SMILES string of the molecule is CCCOc1ccc(NC(=O)CCCCO)cc1. The van der Waals surface area contributed by atoms with E-state index in [0.717, 1.165) is 17.9 Å². The fraction of sp³-hybridized carbons (Fsp3) is 0.500. The Hall–Kier alpha value is -1.55. The summed E-state index contributed by atoms with van der Waals surface area (Å²) in [5.41, 5.74) is 0.771. The highest BCUT2D eigenvalue weighted by atomic mass is 16.5. The van der Waals surface area contributed by atoms with Crippen molar-refractivity contribution >= 4 is 11.6 Å². The van der Waals surface area contributed by atoms with Gasteiger partial charge in [-0.1, -0.05) is 6.92 Å². The molecule has 1 rings (SSSR count). The lowest BCUT2D eigenvalue weighted by Crippen LogP contribution is -2.11. The quantitative estimate of drug-likeness (QED) is 0.698. The normalized spacial score (nSPS) is 10.1. The van der Waals surface area contributed by atoms with Crippen molar-refractivity contribution in [3.63, 3.8) is 0 Å². The Morgan fingerprint density at radius 1 is 1.28 bits per heavy atom. The van der Waals surface area contributed by atoms with Gasteiger partial charge in [0.2, 0.25) is 5.91 Å². The van der Waals surface area contributed by atoms with E-state index in [9.17, 15) is 4.79 Å². The monoisotopic (exact) mass is 251 g/mol. The molecule has 0 atom stereocenters. The van der Waals surface area contributed by atoms with E-state index in [4.69, 9.17) is 9.84 Å². The standard InChI is InChI=1S/C14H21NO3/c1-2-11-18-13-8-6-12(7-9-13)15-14(17)5-3-4-10-16/h6-9,16H,2-5,10-11H2,1H3,(H,15,17). The van der Waals surface area contributed by atoms with Crippen molar-refractivity contribution in [1.29, 1.82) is 0 Å². The van der Waals surface area contributed by atoms with Crippen LogP contribution in [0.4, 0.5) is 5.69 Å². The van der Waals surface area contributed by atoms with Crippen molar-refractivity contribution in [3.05, 3.63) is 24.3 Å². The molecule has 0 heterocycles. The minimum atomic E-state index is -0.0225. The van der Waals surface area contributed by atoms with Gasteiger partial charge in [-0.15, -0.1) is 0 Å². The Kier molecular flexibility index (Phi) is 6.87. The molecule has 4 heteroatoms. The van der Waals surface area contributed by atoms with Gasteiger partial charge in [-0.2, -0.15) is 0 Å². The van der Waals surface area contributed by atoms with Gasteiger partial charge in [0.05, 0.1) is 6.61 Å². The molecule has 18 heavy (non-hydrogen) atoms. The van der Waals surface area contributed by atoms with E-state index in [0.29, 0.717) is 25.9 Å². The number of amides is 1. The molecule has 0 spiro atoms. The molecule has 2 N–H and O–H groups in total. The van der Waals surface area contributed by atoms with Gasteiger partial charge in [0.25, 0.3) is 0 Å². The van der Waals surface area contributed by atoms with Crippen molar-refractivity contribution in [2.24, 2.45) is 0 Å². The van der Waals surface area contributed by atoms with Crippen LogP contribution in [0.5, 0.6) is 5.75 Å². The number of unbranched alkanes of at least 4 members (excludes halogenated alkanes) is 1. The summed E-state index contributed by atoms with van der Waals surface area (Å²) in [6.07, 6.45) is 2.79. The third-order valence-electron chi connectivity index (χ3n) is 2.42. The van der Waals surface area contributed by atoms with Crippen molar-refractivity contribution < 1.29 is 14.6 Å². The van der Waals surface area contributed by atoms with E-state index in [2.05, 4.69) is 12.2 Å². The predicted molar refractivity (Wildman–Crippen MR) is 71.8 cm³/mol. The topological polar surface area (TPSA) is 58.6 Å². The number of hydrogen-bond acceptors (Lipinski definition) is 3. The molecule has 0 aliphatic carbocycles. The predicted octanol–water partition coefficient (Wildman–Crippen LogP) is 2.58. The molecule has 0 saturated carbocycles. The van der Waals surface area contributed by atoms with Crippen LogP contribution >= 0.6 is 0 Å². The van der Waals surface area contributed by atoms with E-state index >= 15 is 0 Å². The Morgan fingerprint density at radius 3 is 2.61 bits per heavy atom. The third kappa shape index (κ3) is 5.68. The zero-order valence-corrected chi connectivity index (χ0v) is 10.8. The van der Waals surface area contributed by atoms with E-state index < -0.39 is 0 Å². The van der Waals surface area contributed by atoms with Crippen LogP contribution in [-0.2, 0) is 4.79 Å². The van der Waals surface area contributed by atoms with E-state index in [-0.39, 0.29) is 12.5 Å². The molecule has 0 radical (unpaired) electrons. The van der Waals surface area contributed by atoms with E-state index in [1.54, 1.807) is 0 Å². The van der Waals surface area contributed by atoms with Crippen LogP contribution in [-0.4, -0.2) is 24.2 Å². The Bertz CT molecular complexity index is 349. The van der Waals surface area contributed by atoms with Crippen LogP contribution in [0, 0.1) is 0 Å². The first-order chi connectivity index (χ1) is 8.76. The van der Waals surface area contributed by atoms with Crippen molar-refractivity contribution in [2.75, 3.05) is 18.5 Å². The largest absolute Gasteiger partial charge is 0.494 e. The molecule has 0 saturated heterocycles. The smallest absolute Gasteiger partial charge is 0.224 e. The summed E-state index contributed by atoms with van der Waals surface area (Å²) in [5.74, 6) is 0.792. The van der Waals surface area contributed by atoms with Gasteiger partial charge < -0.3 is 15.2 Å². The highest BCUT2D eigenvalue weighted by Gasteiger charge is 2.02. The molecule has 0 aliphatic rings. The summed E-state index contributed by atoms with van der Waals surface area (Å²) >= 11 is 0. The lowest BCUT2D eigenvalue weighted by Gasteiger charge is -2.07. The number of rotatable bonds is 8. The van der Waals surface area contributed by atoms with Gasteiger partial charge in [-0.3, -0.25) is 4.79 Å². The van der Waals surface area contributed by atoms with E-state index in [1.807, 2.05) is 24.3 Å². The van der Waals surface area contributed by atoms with Gasteiger partial charge in [-0.25, -0.2) is 0 Å². The fourth-order valence-corrected chi connectivity index (χ4v) is 1.48. The minimum absolute atomic E-state index is 0.0225. The van der Waals surface area contributed by atoms with Gasteiger partial charge in [0.1, 0.15) is 5.75 Å². The Balaban J connectivity index is 2.35. The zero-order valence-electron chi connectivity index (χ0n) is 10.8. The lowest BCUT2D eigenvalue weighted by atomic mass is 10.2. The van der Waals surface area contributed by atoms with E-state index in [1.165, 1.54) is 0 Å². The second-order valence-corrected chi connectivity index (χ2v) is 4.10. The molecule has 0 aromatic heterocycles. The molecule has 100 valence electrons. The number of aliphatic hydroxyl groups is 1.